The van der Waals surface area contributed by atoms with Gasteiger partial charge in [0.05, 0.1) is 35.1 Å². The Balaban J connectivity index is 1.44. The van der Waals surface area contributed by atoms with Crippen LogP contribution in [0.1, 0.15) is 55.1 Å². The number of fused-ring (bicyclic) bond motifs is 3. The summed E-state index contributed by atoms with van der Waals surface area (Å²) < 4.78 is 7.08. The molecule has 8 nitrogen and oxygen atoms in total. The zero-order valence-electron chi connectivity index (χ0n) is 19.7. The zero-order chi connectivity index (χ0) is 23.2. The van der Waals surface area contributed by atoms with E-state index in [0.717, 1.165) is 78.8 Å². The number of rotatable bonds is 4. The molecule has 178 valence electrons. The second-order valence-electron chi connectivity index (χ2n) is 9.57. The first-order chi connectivity index (χ1) is 16.6. The predicted molar refractivity (Wildman–Crippen MR) is 132 cm³/mol. The molecule has 0 unspecified atom stereocenters. The number of nitrogens with one attached hydrogen (secondary N) is 1. The summed E-state index contributed by atoms with van der Waals surface area (Å²) in [4.78, 5) is 24.9. The van der Waals surface area contributed by atoms with Crippen molar-refractivity contribution in [2.75, 3.05) is 25.5 Å². The molecule has 1 saturated carbocycles. The summed E-state index contributed by atoms with van der Waals surface area (Å²) in [5.74, 6) is 0. The quantitative estimate of drug-likeness (QED) is 0.577. The van der Waals surface area contributed by atoms with Gasteiger partial charge in [-0.1, -0.05) is 11.3 Å². The van der Waals surface area contributed by atoms with Crippen LogP contribution in [0, 0.1) is 6.92 Å². The molecule has 1 amide bonds. The average Bonchev–Trinajstić information content (AvgIpc) is 3.57. The fraction of sp³-hybridized carbons (Fsp3) is 0.520. The highest BCUT2D eigenvalue weighted by Crippen LogP contribution is 2.44. The van der Waals surface area contributed by atoms with Gasteiger partial charge in [-0.15, -0.1) is 0 Å². The third kappa shape index (κ3) is 4.01. The number of piperidine rings is 1. The number of hydrogen-bond donors (Lipinski definition) is 1. The van der Waals surface area contributed by atoms with Crippen LogP contribution in [-0.2, 0) is 17.6 Å². The number of carbonyl (C=O) groups is 1. The van der Waals surface area contributed by atoms with E-state index in [1.165, 1.54) is 42.5 Å². The van der Waals surface area contributed by atoms with E-state index in [0.29, 0.717) is 11.2 Å². The minimum Gasteiger partial charge on any atom is -0.453 e. The number of aryl methyl sites for hydroxylation is 2. The molecule has 1 aliphatic heterocycles. The molecule has 34 heavy (non-hydrogen) atoms. The molecule has 9 heteroatoms. The molecule has 0 spiro atoms. The van der Waals surface area contributed by atoms with Crippen LogP contribution >= 0.6 is 11.3 Å². The molecule has 4 heterocycles. The minimum atomic E-state index is -0.489. The van der Waals surface area contributed by atoms with Gasteiger partial charge in [0.2, 0.25) is 0 Å². The maximum Gasteiger partial charge on any atom is 0.413 e. The average molecular weight is 479 g/mol. The SMILES string of the molecule is COC(=O)Nc1nc2c(s1)-c1c(c(-c3ccc(C)nc3)nn1C1CCN(C3CC3)CC1)CCC2. The highest BCUT2D eigenvalue weighted by molar-refractivity contribution is 7.19. The van der Waals surface area contributed by atoms with Crippen LogP contribution in [0.5, 0.6) is 0 Å². The van der Waals surface area contributed by atoms with Crippen molar-refractivity contribution in [1.82, 2.24) is 24.6 Å². The van der Waals surface area contributed by atoms with Gasteiger partial charge in [-0.2, -0.15) is 5.10 Å². The summed E-state index contributed by atoms with van der Waals surface area (Å²) >= 11 is 1.53. The molecule has 6 rings (SSSR count). The van der Waals surface area contributed by atoms with E-state index in [1.807, 2.05) is 13.1 Å². The molecule has 0 atom stereocenters. The Morgan fingerprint density at radius 2 is 1.97 bits per heavy atom. The summed E-state index contributed by atoms with van der Waals surface area (Å²) in [5, 5.41) is 8.60. The molecule has 0 aromatic carbocycles. The molecule has 3 aromatic heterocycles. The van der Waals surface area contributed by atoms with Crippen molar-refractivity contribution >= 4 is 22.6 Å². The number of carbonyl (C=O) groups excluding carboxylic acids is 1. The molecule has 1 N–H and O–H groups in total. The number of thiazole rings is 1. The molecule has 3 aromatic rings. The Bertz CT molecular complexity index is 1200. The Morgan fingerprint density at radius 1 is 1.15 bits per heavy atom. The summed E-state index contributed by atoms with van der Waals surface area (Å²) in [5.41, 5.74) is 6.61. The van der Waals surface area contributed by atoms with E-state index in [-0.39, 0.29) is 0 Å². The van der Waals surface area contributed by atoms with Gasteiger partial charge in [-0.3, -0.25) is 15.0 Å². The molecule has 0 radical (unpaired) electrons. The number of nitrogens with zero attached hydrogens (tertiary/aromatic N) is 5. The molecule has 2 fully saturated rings. The lowest BCUT2D eigenvalue weighted by Crippen LogP contribution is -2.36. The standard InChI is InChI=1S/C25H30N6O2S/c1-15-6-7-16(14-26-15)21-19-4-3-5-20-23(34-24(27-20)28-25(32)33-2)22(19)31(29-21)18-10-12-30(13-11-18)17-8-9-17/h6-7,14,17-18H,3-5,8-13H2,1-2H3,(H,27,28,32). The fourth-order valence-electron chi connectivity index (χ4n) is 5.32. The Kier molecular flexibility index (Phi) is 5.61. The number of likely N-dealkylation sites (tertiary alicyclic amines) is 1. The van der Waals surface area contributed by atoms with Crippen molar-refractivity contribution in [1.29, 1.82) is 0 Å². The first-order valence-corrected chi connectivity index (χ1v) is 13.1. The van der Waals surface area contributed by atoms with Crippen molar-refractivity contribution in [2.24, 2.45) is 0 Å². The van der Waals surface area contributed by atoms with E-state index in [2.05, 4.69) is 32.0 Å². The lowest BCUT2D eigenvalue weighted by atomic mass is 10.0. The number of hydrogen-bond acceptors (Lipinski definition) is 7. The van der Waals surface area contributed by atoms with Gasteiger partial charge in [0.15, 0.2) is 5.13 Å². The molecule has 1 saturated heterocycles. The van der Waals surface area contributed by atoms with E-state index < -0.39 is 6.09 Å². The van der Waals surface area contributed by atoms with Crippen LogP contribution in [0.4, 0.5) is 9.93 Å². The predicted octanol–water partition coefficient (Wildman–Crippen LogP) is 4.84. The molecule has 0 bridgehead atoms. The molecular weight excluding hydrogens is 448 g/mol. The summed E-state index contributed by atoms with van der Waals surface area (Å²) in [6.45, 7) is 4.28. The highest BCUT2D eigenvalue weighted by atomic mass is 32.1. The summed E-state index contributed by atoms with van der Waals surface area (Å²) in [6, 6.07) is 5.36. The first-order valence-electron chi connectivity index (χ1n) is 12.2. The lowest BCUT2D eigenvalue weighted by molar-refractivity contribution is 0.173. The van der Waals surface area contributed by atoms with Crippen LogP contribution in [0.25, 0.3) is 21.8 Å². The Labute approximate surface area is 203 Å². The van der Waals surface area contributed by atoms with Crippen molar-refractivity contribution in [3.05, 3.63) is 35.3 Å². The maximum atomic E-state index is 11.8. The summed E-state index contributed by atoms with van der Waals surface area (Å²) in [6.07, 6.45) is 9.22. The Morgan fingerprint density at radius 3 is 2.68 bits per heavy atom. The minimum absolute atomic E-state index is 0.362. The van der Waals surface area contributed by atoms with Gasteiger partial charge >= 0.3 is 6.09 Å². The third-order valence-electron chi connectivity index (χ3n) is 7.25. The van der Waals surface area contributed by atoms with Crippen molar-refractivity contribution in [3.63, 3.8) is 0 Å². The van der Waals surface area contributed by atoms with Gasteiger partial charge in [0.1, 0.15) is 0 Å². The fourth-order valence-corrected chi connectivity index (χ4v) is 6.38. The van der Waals surface area contributed by atoms with E-state index in [1.54, 1.807) is 0 Å². The van der Waals surface area contributed by atoms with Crippen LogP contribution < -0.4 is 5.32 Å². The van der Waals surface area contributed by atoms with Gasteiger partial charge in [-0.25, -0.2) is 9.78 Å². The smallest absolute Gasteiger partial charge is 0.413 e. The first kappa shape index (κ1) is 21.7. The van der Waals surface area contributed by atoms with Crippen LogP contribution in [0.15, 0.2) is 18.3 Å². The molecular formula is C25H30N6O2S. The molecule has 3 aliphatic rings. The van der Waals surface area contributed by atoms with Crippen molar-refractivity contribution in [2.45, 2.75) is 64.0 Å². The van der Waals surface area contributed by atoms with Crippen molar-refractivity contribution < 1.29 is 9.53 Å². The van der Waals surface area contributed by atoms with Gasteiger partial charge in [0, 0.05) is 42.1 Å². The van der Waals surface area contributed by atoms with Crippen molar-refractivity contribution in [3.8, 4) is 21.8 Å². The topological polar surface area (TPSA) is 85.2 Å². The van der Waals surface area contributed by atoms with Gasteiger partial charge in [0.25, 0.3) is 0 Å². The highest BCUT2D eigenvalue weighted by Gasteiger charge is 2.35. The van der Waals surface area contributed by atoms with E-state index >= 15 is 0 Å². The van der Waals surface area contributed by atoms with E-state index in [4.69, 9.17) is 14.8 Å². The number of anilines is 1. The van der Waals surface area contributed by atoms with Crippen LogP contribution in [0.3, 0.4) is 0 Å². The van der Waals surface area contributed by atoms with Crippen LogP contribution in [0.2, 0.25) is 0 Å². The number of methoxy groups -OCH3 is 1. The number of pyridine rings is 1. The van der Waals surface area contributed by atoms with Crippen LogP contribution in [-0.4, -0.2) is 57.0 Å². The zero-order valence-corrected chi connectivity index (χ0v) is 20.5. The van der Waals surface area contributed by atoms with Gasteiger partial charge in [-0.05, 0) is 64.0 Å². The monoisotopic (exact) mass is 478 g/mol. The second kappa shape index (κ2) is 8.78. The largest absolute Gasteiger partial charge is 0.453 e. The van der Waals surface area contributed by atoms with E-state index in [9.17, 15) is 4.79 Å². The molecule has 2 aliphatic carbocycles. The second-order valence-corrected chi connectivity index (χ2v) is 10.6. The summed E-state index contributed by atoms with van der Waals surface area (Å²) in [7, 11) is 1.37. The third-order valence-corrected chi connectivity index (χ3v) is 8.27. The normalized spacial score (nSPS) is 18.8. The van der Waals surface area contributed by atoms with Gasteiger partial charge < -0.3 is 9.64 Å². The number of aromatic nitrogens is 4. The maximum absolute atomic E-state index is 11.8. The number of ether oxygens (including phenoxy) is 1. The number of amides is 1. The lowest BCUT2D eigenvalue weighted by Gasteiger charge is -2.32. The Hall–Kier alpha value is -2.78.